The third-order valence-electron chi connectivity index (χ3n) is 5.84. The van der Waals surface area contributed by atoms with Crippen LogP contribution in [0.1, 0.15) is 24.0 Å². The van der Waals surface area contributed by atoms with Gasteiger partial charge in [-0.3, -0.25) is 9.63 Å². The molecule has 7 nitrogen and oxygen atoms in total. The lowest BCUT2D eigenvalue weighted by Crippen LogP contribution is -2.50. The van der Waals surface area contributed by atoms with E-state index in [1.165, 1.54) is 43.3 Å². The number of rotatable bonds is 5. The van der Waals surface area contributed by atoms with Crippen LogP contribution in [0.3, 0.4) is 0 Å². The first-order valence-corrected chi connectivity index (χ1v) is 11.4. The Labute approximate surface area is 184 Å². The van der Waals surface area contributed by atoms with Crippen molar-refractivity contribution in [3.8, 4) is 0 Å². The highest BCUT2D eigenvalue weighted by Crippen LogP contribution is 2.42. The van der Waals surface area contributed by atoms with Gasteiger partial charge in [0.05, 0.1) is 35.5 Å². The van der Waals surface area contributed by atoms with Crippen LogP contribution in [0.25, 0.3) is 0 Å². The molecule has 0 aliphatic carbocycles. The predicted molar refractivity (Wildman–Crippen MR) is 111 cm³/mol. The number of hydroxylamine groups is 1. The smallest absolute Gasteiger partial charge is 0.358 e. The van der Waals surface area contributed by atoms with E-state index in [0.29, 0.717) is 34.4 Å². The summed E-state index contributed by atoms with van der Waals surface area (Å²) >= 11 is 0. The van der Waals surface area contributed by atoms with Crippen molar-refractivity contribution in [1.82, 2.24) is 4.47 Å². The molecule has 1 amide bonds. The largest absolute Gasteiger partial charge is 0.416 e. The van der Waals surface area contributed by atoms with Crippen LogP contribution in [0.4, 0.5) is 24.5 Å². The predicted octanol–water partition coefficient (Wildman–Crippen LogP) is 3.40. The van der Waals surface area contributed by atoms with Gasteiger partial charge in [-0.05, 0) is 48.7 Å². The number of hydrogen-bond acceptors (Lipinski definition) is 5. The number of hydrogen-bond donors (Lipinski definition) is 0. The number of anilines is 2. The molecule has 0 unspecified atom stereocenters. The molecule has 1 saturated heterocycles. The first-order valence-electron chi connectivity index (χ1n) is 9.95. The second kappa shape index (κ2) is 8.05. The number of carbonyl (C=O) groups is 1. The van der Waals surface area contributed by atoms with Crippen molar-refractivity contribution in [2.45, 2.75) is 36.5 Å². The van der Waals surface area contributed by atoms with Gasteiger partial charge in [-0.25, -0.2) is 8.42 Å². The lowest BCUT2D eigenvalue weighted by Gasteiger charge is -2.40. The van der Waals surface area contributed by atoms with Gasteiger partial charge in [-0.15, -0.1) is 0 Å². The van der Waals surface area contributed by atoms with Crippen molar-refractivity contribution in [3.05, 3.63) is 53.6 Å². The van der Waals surface area contributed by atoms with Gasteiger partial charge in [0.1, 0.15) is 6.04 Å². The maximum absolute atomic E-state index is 13.3. The van der Waals surface area contributed by atoms with E-state index in [4.69, 9.17) is 4.84 Å². The fourth-order valence-corrected chi connectivity index (χ4v) is 5.17. The van der Waals surface area contributed by atoms with Crippen molar-refractivity contribution in [1.29, 1.82) is 0 Å². The Balaban J connectivity index is 1.79. The summed E-state index contributed by atoms with van der Waals surface area (Å²) in [6.45, 7) is 0.536. The Morgan fingerprint density at radius 2 is 1.91 bits per heavy atom. The topological polar surface area (TPSA) is 70.2 Å². The molecular weight excluding hydrogens is 447 g/mol. The molecule has 2 aromatic carbocycles. The minimum Gasteiger partial charge on any atom is -0.358 e. The minimum absolute atomic E-state index is 0.0833. The summed E-state index contributed by atoms with van der Waals surface area (Å²) in [5.41, 5.74) is 0.516. The molecule has 0 radical (unpaired) electrons. The number of benzene rings is 2. The number of carbonyl (C=O) groups excluding carboxylic acids is 1. The maximum atomic E-state index is 13.3. The van der Waals surface area contributed by atoms with Gasteiger partial charge in [0, 0.05) is 13.6 Å². The summed E-state index contributed by atoms with van der Waals surface area (Å²) in [7, 11) is -1.52. The monoisotopic (exact) mass is 469 g/mol. The Hall–Kier alpha value is -2.63. The third kappa shape index (κ3) is 3.84. The lowest BCUT2D eigenvalue weighted by molar-refractivity contribution is -0.137. The molecule has 11 heteroatoms. The summed E-state index contributed by atoms with van der Waals surface area (Å²) in [6, 6.07) is 8.82. The van der Waals surface area contributed by atoms with Crippen LogP contribution in [0, 0.1) is 0 Å². The molecule has 2 aromatic rings. The van der Waals surface area contributed by atoms with Crippen LogP contribution in [0.15, 0.2) is 47.4 Å². The molecule has 1 fully saturated rings. The average molecular weight is 469 g/mol. The molecule has 0 spiro atoms. The number of nitrogens with zero attached hydrogens (tertiary/aromatic N) is 3. The maximum Gasteiger partial charge on any atom is 0.416 e. The number of amides is 1. The van der Waals surface area contributed by atoms with E-state index in [1.807, 2.05) is 4.90 Å². The zero-order valence-corrected chi connectivity index (χ0v) is 18.3. The van der Waals surface area contributed by atoms with E-state index in [9.17, 15) is 26.4 Å². The van der Waals surface area contributed by atoms with Crippen molar-refractivity contribution >= 4 is 27.3 Å². The van der Waals surface area contributed by atoms with Gasteiger partial charge < -0.3 is 9.80 Å². The van der Waals surface area contributed by atoms with Gasteiger partial charge in [0.25, 0.3) is 10.0 Å². The summed E-state index contributed by atoms with van der Waals surface area (Å²) < 4.78 is 65.7. The minimum atomic E-state index is -4.51. The van der Waals surface area contributed by atoms with E-state index < -0.39 is 27.8 Å². The molecule has 172 valence electrons. The van der Waals surface area contributed by atoms with Gasteiger partial charge in [-0.2, -0.15) is 13.2 Å². The van der Waals surface area contributed by atoms with Crippen LogP contribution >= 0.6 is 0 Å². The molecule has 32 heavy (non-hydrogen) atoms. The first kappa shape index (κ1) is 22.6. The highest BCUT2D eigenvalue weighted by atomic mass is 32.2. The van der Waals surface area contributed by atoms with Crippen molar-refractivity contribution < 1.29 is 31.2 Å². The average Bonchev–Trinajstić information content (AvgIpc) is 3.25. The Morgan fingerprint density at radius 3 is 2.59 bits per heavy atom. The van der Waals surface area contributed by atoms with Crippen molar-refractivity contribution in [2.24, 2.45) is 0 Å². The first-order chi connectivity index (χ1) is 15.0. The molecule has 0 aromatic heterocycles. The standard InChI is InChI=1S/C21H22F3N3O4S/c1-25(31-2)32(29,30)16-8-9-17-19(12-16)27(20(28)18-7-4-10-26(17)18)13-14-5-3-6-15(11-14)21(22,23)24/h3,5-6,8-9,11-12,18H,4,7,10,13H2,1-2H3/t18-/m0/s1. The number of halogens is 3. The highest BCUT2D eigenvalue weighted by Gasteiger charge is 2.41. The molecule has 0 bridgehead atoms. The molecule has 0 N–H and O–H groups in total. The van der Waals surface area contributed by atoms with Crippen LogP contribution < -0.4 is 9.80 Å². The second-order valence-electron chi connectivity index (χ2n) is 7.72. The number of sulfonamides is 1. The summed E-state index contributed by atoms with van der Waals surface area (Å²) in [6.07, 6.45) is -3.09. The Bertz CT molecular complexity index is 1150. The quantitative estimate of drug-likeness (QED) is 0.628. The molecule has 0 saturated carbocycles. The van der Waals surface area contributed by atoms with E-state index in [0.717, 1.165) is 18.6 Å². The molecular formula is C21H22F3N3O4S. The second-order valence-corrected chi connectivity index (χ2v) is 9.66. The molecule has 2 aliphatic heterocycles. The Kier molecular flexibility index (Phi) is 5.68. The van der Waals surface area contributed by atoms with Gasteiger partial charge in [-0.1, -0.05) is 16.6 Å². The van der Waals surface area contributed by atoms with Crippen molar-refractivity contribution in [2.75, 3.05) is 30.5 Å². The summed E-state index contributed by atoms with van der Waals surface area (Å²) in [5.74, 6) is -0.262. The van der Waals surface area contributed by atoms with E-state index in [-0.39, 0.29) is 17.3 Å². The van der Waals surface area contributed by atoms with Gasteiger partial charge in [0.2, 0.25) is 5.91 Å². The third-order valence-corrected chi connectivity index (χ3v) is 7.52. The SMILES string of the molecule is CON(C)S(=O)(=O)c1ccc2c(c1)N(Cc1cccc(C(F)(F)F)c1)C(=O)[C@@H]1CCCN21. The van der Waals surface area contributed by atoms with Gasteiger partial charge in [0.15, 0.2) is 0 Å². The number of alkyl halides is 3. The van der Waals surface area contributed by atoms with Crippen LogP contribution in [-0.2, 0) is 32.4 Å². The summed E-state index contributed by atoms with van der Waals surface area (Å²) in [5, 5.41) is 0. The van der Waals surface area contributed by atoms with E-state index >= 15 is 0 Å². The summed E-state index contributed by atoms with van der Waals surface area (Å²) in [4.78, 5) is 21.3. The fraction of sp³-hybridized carbons (Fsp3) is 0.381. The molecule has 2 aliphatic rings. The van der Waals surface area contributed by atoms with Crippen LogP contribution in [0.5, 0.6) is 0 Å². The van der Waals surface area contributed by atoms with Gasteiger partial charge >= 0.3 is 6.18 Å². The highest BCUT2D eigenvalue weighted by molar-refractivity contribution is 7.89. The fourth-order valence-electron chi connectivity index (χ4n) is 4.17. The molecule has 2 heterocycles. The Morgan fingerprint density at radius 1 is 1.16 bits per heavy atom. The van der Waals surface area contributed by atoms with Crippen LogP contribution in [0.2, 0.25) is 0 Å². The van der Waals surface area contributed by atoms with E-state index in [2.05, 4.69) is 0 Å². The van der Waals surface area contributed by atoms with Crippen LogP contribution in [-0.4, -0.2) is 45.5 Å². The zero-order valence-electron chi connectivity index (χ0n) is 17.5. The zero-order chi connectivity index (χ0) is 23.3. The molecule has 4 rings (SSSR count). The van der Waals surface area contributed by atoms with E-state index in [1.54, 1.807) is 6.07 Å². The number of fused-ring (bicyclic) bond motifs is 3. The molecule has 1 atom stereocenters. The lowest BCUT2D eigenvalue weighted by atomic mass is 10.0. The normalized spacial score (nSPS) is 18.8. The van der Waals surface area contributed by atoms with Crippen molar-refractivity contribution in [3.63, 3.8) is 0 Å².